The van der Waals surface area contributed by atoms with Crippen molar-refractivity contribution in [2.75, 3.05) is 4.90 Å². The van der Waals surface area contributed by atoms with Gasteiger partial charge in [0.2, 0.25) is 0 Å². The molecule has 5 aromatic rings. The van der Waals surface area contributed by atoms with E-state index in [4.69, 9.17) is 4.74 Å². The van der Waals surface area contributed by atoms with Crippen LogP contribution in [0.4, 0.5) is 5.69 Å². The Morgan fingerprint density at radius 3 is 2.37 bits per heavy atom. The Balaban J connectivity index is 0.00000337. The molecule has 0 amide bonds. The summed E-state index contributed by atoms with van der Waals surface area (Å²) < 4.78 is 8.04. The number of pyridine rings is 1. The Bertz CT molecular complexity index is 1730. The zero-order valence-electron chi connectivity index (χ0n) is 24.0. The third-order valence-electron chi connectivity index (χ3n) is 7.04. The second kappa shape index (κ2) is 11.2. The van der Waals surface area contributed by atoms with Gasteiger partial charge in [0.05, 0.1) is 0 Å². The standard InChI is InChI=1S/C34H32N5O.Pt/c1-23-16-24(2)33(25(3)17-23)26-12-13-35-32(18-26)39-31-20-30(11-10-27(31)21-36-39)40-29-9-7-8-28(19-29)37-14-15-38(22-37)34(4,5)6;/h7-18,21-22H,1-6H3;/q-3;. The van der Waals surface area contributed by atoms with Gasteiger partial charge >= 0.3 is 0 Å². The minimum atomic E-state index is -0.00114. The van der Waals surface area contributed by atoms with Gasteiger partial charge in [0, 0.05) is 50.5 Å². The van der Waals surface area contributed by atoms with Crippen molar-refractivity contribution >= 4 is 16.6 Å². The molecule has 212 valence electrons. The predicted molar refractivity (Wildman–Crippen MR) is 160 cm³/mol. The van der Waals surface area contributed by atoms with E-state index < -0.39 is 0 Å². The van der Waals surface area contributed by atoms with E-state index in [9.17, 15) is 0 Å². The van der Waals surface area contributed by atoms with E-state index in [0.29, 0.717) is 11.5 Å². The van der Waals surface area contributed by atoms with Crippen LogP contribution < -0.4 is 9.64 Å². The molecule has 0 radical (unpaired) electrons. The molecule has 0 bridgehead atoms. The van der Waals surface area contributed by atoms with Crippen LogP contribution in [-0.2, 0) is 21.1 Å². The molecule has 6 rings (SSSR count). The average Bonchev–Trinajstić information content (AvgIpc) is 3.56. The summed E-state index contributed by atoms with van der Waals surface area (Å²) in [5.74, 6) is 1.93. The number of hydrogen-bond acceptors (Lipinski definition) is 5. The topological polar surface area (TPSA) is 46.4 Å². The zero-order chi connectivity index (χ0) is 28.0. The van der Waals surface area contributed by atoms with Gasteiger partial charge in [0.25, 0.3) is 0 Å². The number of ether oxygens (including phenoxy) is 1. The summed E-state index contributed by atoms with van der Waals surface area (Å²) in [4.78, 5) is 8.85. The molecular formula is C34H32N5OPt-3. The molecule has 0 saturated carbocycles. The van der Waals surface area contributed by atoms with E-state index in [1.54, 1.807) is 0 Å². The Morgan fingerprint density at radius 2 is 1.63 bits per heavy atom. The normalized spacial score (nSPS) is 13.1. The van der Waals surface area contributed by atoms with E-state index >= 15 is 0 Å². The van der Waals surface area contributed by atoms with E-state index in [-0.39, 0.29) is 26.6 Å². The minimum Gasteiger partial charge on any atom is -0.509 e. The second-order valence-corrected chi connectivity index (χ2v) is 11.3. The first-order chi connectivity index (χ1) is 19.2. The summed E-state index contributed by atoms with van der Waals surface area (Å²) in [5.41, 5.74) is 7.78. The van der Waals surface area contributed by atoms with Gasteiger partial charge in [0.1, 0.15) is 0 Å². The summed E-state index contributed by atoms with van der Waals surface area (Å²) in [6.07, 6.45) is 7.75. The Labute approximate surface area is 256 Å². The fraction of sp³-hybridized carbons (Fsp3) is 0.206. The van der Waals surface area contributed by atoms with E-state index in [2.05, 4.69) is 106 Å². The van der Waals surface area contributed by atoms with Crippen LogP contribution in [0.1, 0.15) is 37.5 Å². The number of anilines is 1. The number of aryl methyl sites for hydroxylation is 3. The van der Waals surface area contributed by atoms with Crippen molar-refractivity contribution in [3.8, 4) is 28.4 Å². The summed E-state index contributed by atoms with van der Waals surface area (Å²) in [7, 11) is 0. The van der Waals surface area contributed by atoms with Crippen molar-refractivity contribution in [2.45, 2.75) is 47.1 Å². The van der Waals surface area contributed by atoms with Crippen molar-refractivity contribution < 1.29 is 25.8 Å². The maximum absolute atomic E-state index is 6.23. The Kier molecular flexibility index (Phi) is 7.80. The molecule has 7 heteroatoms. The molecule has 0 N–H and O–H groups in total. The Hall–Kier alpha value is -3.89. The monoisotopic (exact) mass is 721 g/mol. The van der Waals surface area contributed by atoms with E-state index in [0.717, 1.165) is 28.0 Å². The molecule has 1 aliphatic heterocycles. The van der Waals surface area contributed by atoms with Crippen LogP contribution in [0.15, 0.2) is 79.4 Å². The van der Waals surface area contributed by atoms with Gasteiger partial charge in [-0.1, -0.05) is 23.1 Å². The molecule has 1 aliphatic rings. The van der Waals surface area contributed by atoms with Gasteiger partial charge in [-0.2, -0.15) is 23.9 Å². The molecule has 3 heterocycles. The first kappa shape index (κ1) is 28.6. The third kappa shape index (κ3) is 5.80. The van der Waals surface area contributed by atoms with Crippen molar-refractivity contribution in [2.24, 2.45) is 0 Å². The SMILES string of the molecule is Cc1cc(C)c(-c2ccnc(-n3ncc4ccc(Oc5[c-]c(N6C=CN(C(C)(C)C)[CH-]6)ccc5)[c-]c43)c2)c(C)c1.[Pt]. The molecule has 0 unspecified atom stereocenters. The molecule has 2 aromatic heterocycles. The molecule has 0 fully saturated rings. The molecule has 0 spiro atoms. The van der Waals surface area contributed by atoms with Crippen LogP contribution in [0.25, 0.3) is 27.8 Å². The number of hydrogen-bond donors (Lipinski definition) is 0. The molecule has 0 aliphatic carbocycles. The third-order valence-corrected chi connectivity index (χ3v) is 7.04. The fourth-order valence-electron chi connectivity index (χ4n) is 5.15. The molecule has 6 nitrogen and oxygen atoms in total. The largest absolute Gasteiger partial charge is 0.509 e. The first-order valence-electron chi connectivity index (χ1n) is 13.4. The number of aromatic nitrogens is 3. The van der Waals surface area contributed by atoms with Gasteiger partial charge in [-0.15, -0.1) is 36.0 Å². The van der Waals surface area contributed by atoms with Crippen molar-refractivity contribution in [3.05, 3.63) is 115 Å². The molecule has 41 heavy (non-hydrogen) atoms. The maximum Gasteiger partial charge on any atom is 0.152 e. The molecule has 3 aromatic carbocycles. The molecule has 0 atom stereocenters. The molecule has 0 saturated heterocycles. The van der Waals surface area contributed by atoms with Crippen LogP contribution in [0.3, 0.4) is 0 Å². The number of rotatable bonds is 5. The van der Waals surface area contributed by atoms with Crippen LogP contribution >= 0.6 is 0 Å². The smallest absolute Gasteiger partial charge is 0.152 e. The van der Waals surface area contributed by atoms with Crippen LogP contribution in [0.5, 0.6) is 11.5 Å². The fourth-order valence-corrected chi connectivity index (χ4v) is 5.15. The summed E-state index contributed by atoms with van der Waals surface area (Å²) >= 11 is 0. The van der Waals surface area contributed by atoms with Crippen LogP contribution in [-0.4, -0.2) is 25.2 Å². The van der Waals surface area contributed by atoms with E-state index in [1.165, 1.54) is 22.3 Å². The van der Waals surface area contributed by atoms with Crippen molar-refractivity contribution in [1.29, 1.82) is 0 Å². The van der Waals surface area contributed by atoms with Gasteiger partial charge in [-0.25, -0.2) is 9.67 Å². The van der Waals surface area contributed by atoms with Crippen LogP contribution in [0.2, 0.25) is 0 Å². The maximum atomic E-state index is 6.23. The predicted octanol–water partition coefficient (Wildman–Crippen LogP) is 7.91. The van der Waals surface area contributed by atoms with Gasteiger partial charge in [-0.05, 0) is 93.8 Å². The molecular weight excluding hydrogens is 689 g/mol. The summed E-state index contributed by atoms with van der Waals surface area (Å²) in [6.45, 7) is 15.0. The quantitative estimate of drug-likeness (QED) is 0.173. The van der Waals surface area contributed by atoms with Crippen molar-refractivity contribution in [3.63, 3.8) is 0 Å². The van der Waals surface area contributed by atoms with Crippen molar-refractivity contribution in [1.82, 2.24) is 19.7 Å². The summed E-state index contributed by atoms with van der Waals surface area (Å²) in [6, 6.07) is 25.1. The first-order valence-corrected chi connectivity index (χ1v) is 13.4. The Morgan fingerprint density at radius 1 is 0.878 bits per heavy atom. The summed E-state index contributed by atoms with van der Waals surface area (Å²) in [5, 5.41) is 5.59. The zero-order valence-corrected chi connectivity index (χ0v) is 26.3. The number of benzene rings is 3. The second-order valence-electron chi connectivity index (χ2n) is 11.3. The van der Waals surface area contributed by atoms with Gasteiger partial charge < -0.3 is 14.5 Å². The van der Waals surface area contributed by atoms with E-state index in [1.807, 2.05) is 58.5 Å². The number of fused-ring (bicyclic) bond motifs is 1. The van der Waals surface area contributed by atoms with Crippen LogP contribution in [0, 0.1) is 39.6 Å². The van der Waals surface area contributed by atoms with Gasteiger partial charge in [-0.3, -0.25) is 0 Å². The minimum absolute atomic E-state index is 0. The van der Waals surface area contributed by atoms with Gasteiger partial charge in [0.15, 0.2) is 5.82 Å². The average molecular weight is 722 g/mol. The number of nitrogens with zero attached hydrogens (tertiary/aromatic N) is 5.